The molecule has 2 saturated carbocycles. The van der Waals surface area contributed by atoms with Crippen molar-refractivity contribution in [2.45, 2.75) is 124 Å². The van der Waals surface area contributed by atoms with Crippen molar-refractivity contribution in [3.05, 3.63) is 58.9 Å². The number of hydrogen-bond donors (Lipinski definition) is 4. The van der Waals surface area contributed by atoms with Gasteiger partial charge >= 0.3 is 5.97 Å². The molecule has 0 aromatic heterocycles. The highest BCUT2D eigenvalue weighted by molar-refractivity contribution is 5.85. The maximum Gasteiger partial charge on any atom is 0.306 e. The second-order valence-corrected chi connectivity index (χ2v) is 16.4. The first-order valence-corrected chi connectivity index (χ1v) is 20.2. The number of esters is 1. The molecule has 0 radical (unpaired) electrons. The van der Waals surface area contributed by atoms with Gasteiger partial charge < -0.3 is 45.5 Å². The molecule has 2 fully saturated rings. The SMILES string of the molecule is C=O.CC(F)(F)c1cc(F)cc(NC(C=O)C(C)(C)C)c1.CC1(C=O)CC1.CCc1cc(OC)ccc1CCC(=O)O[C@H](CCC1(C(=O)NC)CC1CC)CNC.NC=O. The van der Waals surface area contributed by atoms with Crippen LogP contribution in [0.15, 0.2) is 36.4 Å². The van der Waals surface area contributed by atoms with E-state index in [1.165, 1.54) is 5.56 Å². The Hall–Kier alpha value is -4.79. The predicted molar refractivity (Wildman–Crippen MR) is 228 cm³/mol. The van der Waals surface area contributed by atoms with Gasteiger partial charge in [0, 0.05) is 43.6 Å². The summed E-state index contributed by atoms with van der Waals surface area (Å²) in [6.45, 7) is 15.0. The summed E-state index contributed by atoms with van der Waals surface area (Å²) in [5, 5.41) is 8.71. The minimum Gasteiger partial charge on any atom is -0.497 e. The number of carbonyl (C=O) groups is 6. The number of amides is 2. The van der Waals surface area contributed by atoms with E-state index in [1.54, 1.807) is 14.2 Å². The molecule has 4 atom stereocenters. The number of benzene rings is 2. The van der Waals surface area contributed by atoms with Gasteiger partial charge in [0.15, 0.2) is 0 Å². The summed E-state index contributed by atoms with van der Waals surface area (Å²) in [5.74, 6) is -2.69. The van der Waals surface area contributed by atoms with Crippen molar-refractivity contribution < 1.29 is 51.4 Å². The lowest BCUT2D eigenvalue weighted by Gasteiger charge is -2.28. The van der Waals surface area contributed by atoms with E-state index in [1.807, 2.05) is 59.7 Å². The molecule has 2 aromatic rings. The van der Waals surface area contributed by atoms with Crippen LogP contribution in [0.2, 0.25) is 0 Å². The Morgan fingerprint density at radius 2 is 1.63 bits per heavy atom. The zero-order chi connectivity index (χ0) is 46.3. The van der Waals surface area contributed by atoms with Crippen molar-refractivity contribution in [2.24, 2.45) is 27.9 Å². The predicted octanol–water partition coefficient (Wildman–Crippen LogP) is 7.13. The van der Waals surface area contributed by atoms with Gasteiger partial charge in [0.25, 0.3) is 5.92 Å². The van der Waals surface area contributed by atoms with Crippen LogP contribution in [0.4, 0.5) is 18.9 Å². The Kier molecular flexibility index (Phi) is 24.3. The van der Waals surface area contributed by atoms with Crippen molar-refractivity contribution in [1.82, 2.24) is 10.6 Å². The summed E-state index contributed by atoms with van der Waals surface area (Å²) in [5.41, 5.74) is 5.70. The number of primary amides is 1. The molecule has 0 heterocycles. The number of rotatable bonds is 18. The first-order valence-electron chi connectivity index (χ1n) is 20.2. The average molecular weight is 851 g/mol. The third-order valence-electron chi connectivity index (χ3n) is 10.6. The number of aryl methyl sites for hydroxylation is 2. The van der Waals surface area contributed by atoms with E-state index < -0.39 is 28.8 Å². The van der Waals surface area contributed by atoms with Crippen LogP contribution in [0.25, 0.3) is 0 Å². The number of ether oxygens (including phenoxy) is 2. The molecule has 0 aliphatic heterocycles. The molecule has 338 valence electrons. The van der Waals surface area contributed by atoms with Crippen LogP contribution >= 0.6 is 0 Å². The Morgan fingerprint density at radius 3 is 2.05 bits per heavy atom. The summed E-state index contributed by atoms with van der Waals surface area (Å²) in [6, 6.07) is 8.44. The molecular weight excluding hydrogens is 782 g/mol. The van der Waals surface area contributed by atoms with Gasteiger partial charge in [-0.15, -0.1) is 0 Å². The first-order chi connectivity index (χ1) is 28.1. The molecule has 0 saturated heterocycles. The minimum absolute atomic E-state index is 0.111. The third-order valence-corrected chi connectivity index (χ3v) is 10.6. The molecule has 0 bridgehead atoms. The Bertz CT molecular complexity index is 1650. The summed E-state index contributed by atoms with van der Waals surface area (Å²) < 4.78 is 50.8. The lowest BCUT2D eigenvalue weighted by molar-refractivity contribution is -0.149. The van der Waals surface area contributed by atoms with Gasteiger partial charge in [-0.1, -0.05) is 54.0 Å². The van der Waals surface area contributed by atoms with Crippen molar-refractivity contribution >= 4 is 43.3 Å². The Labute approximate surface area is 354 Å². The summed E-state index contributed by atoms with van der Waals surface area (Å²) >= 11 is 0. The minimum atomic E-state index is -3.13. The van der Waals surface area contributed by atoms with Gasteiger partial charge in [-0.05, 0) is 105 Å². The van der Waals surface area contributed by atoms with Gasteiger partial charge in [0.2, 0.25) is 12.3 Å². The van der Waals surface area contributed by atoms with Gasteiger partial charge in [-0.25, -0.2) is 13.2 Å². The van der Waals surface area contributed by atoms with E-state index in [9.17, 15) is 32.3 Å². The fourth-order valence-corrected chi connectivity index (χ4v) is 6.37. The highest BCUT2D eigenvalue weighted by Gasteiger charge is 2.57. The molecule has 3 unspecified atom stereocenters. The molecule has 0 spiro atoms. The highest BCUT2D eigenvalue weighted by atomic mass is 19.3. The van der Waals surface area contributed by atoms with E-state index in [2.05, 4.69) is 35.5 Å². The van der Waals surface area contributed by atoms with Crippen LogP contribution in [-0.4, -0.2) is 77.5 Å². The number of likely N-dealkylation sites (N-methyl/N-ethyl adjacent to an activating group) is 1. The van der Waals surface area contributed by atoms with Crippen LogP contribution in [-0.2, 0) is 52.3 Å². The average Bonchev–Trinajstić information content (AvgIpc) is 4.14. The monoisotopic (exact) mass is 851 g/mol. The fraction of sp³-hybridized carbons (Fsp3) is 0.600. The van der Waals surface area contributed by atoms with Gasteiger partial charge in [0.1, 0.15) is 37.0 Å². The zero-order valence-electron chi connectivity index (χ0n) is 37.2. The van der Waals surface area contributed by atoms with Gasteiger partial charge in [0.05, 0.1) is 18.6 Å². The summed E-state index contributed by atoms with van der Waals surface area (Å²) in [6.07, 6.45) is 9.26. The van der Waals surface area contributed by atoms with Gasteiger partial charge in [-0.2, -0.15) is 0 Å². The molecule has 2 aromatic carbocycles. The quantitative estimate of drug-likeness (QED) is 0.0890. The molecule has 15 heteroatoms. The normalized spacial score (nSPS) is 17.9. The Balaban J connectivity index is 0.000000980. The molecule has 2 amide bonds. The second kappa shape index (κ2) is 26.4. The van der Waals surface area contributed by atoms with Crippen LogP contribution in [0, 0.1) is 28.0 Å². The van der Waals surface area contributed by atoms with E-state index in [0.29, 0.717) is 44.9 Å². The molecule has 12 nitrogen and oxygen atoms in total. The standard InChI is InChI=1S/C24H38N2O4.C14H18F3NO.C5H8O.CH3NO.CH2O/c1-6-17-14-20(29-5)10-8-18(17)9-11-22(27)30-21(16-25-3)12-13-24(23(28)26-4)15-19(24)7-2;1-13(2,3)12(8-19)18-11-6-9(14(4,16)17)5-10(15)7-11;1-5(4-6)2-3-5;2-1-3;1-2/h8,10,14,19,21,25H,6-7,9,11-13,15-16H2,1-5H3,(H,26,28);5-8,12,18H,1-4H3;4H,2-3H2,1H3;1H,(H2,2,3);1H2/t19?,21-,24?;;;;/m1..../s1. The molecule has 2 aliphatic rings. The molecule has 2 aliphatic carbocycles. The molecular formula is C45H69F3N4O8. The zero-order valence-corrected chi connectivity index (χ0v) is 37.2. The van der Waals surface area contributed by atoms with E-state index in [-0.39, 0.29) is 40.9 Å². The van der Waals surface area contributed by atoms with Crippen LogP contribution in [0.5, 0.6) is 5.75 Å². The first kappa shape index (κ1) is 55.2. The topological polar surface area (TPSA) is 183 Å². The van der Waals surface area contributed by atoms with E-state index in [4.69, 9.17) is 19.1 Å². The summed E-state index contributed by atoms with van der Waals surface area (Å²) in [7, 11) is 5.21. The van der Waals surface area contributed by atoms with Crippen LogP contribution in [0.1, 0.15) is 110 Å². The number of aldehydes is 2. The fourth-order valence-electron chi connectivity index (χ4n) is 6.37. The number of hydrogen-bond acceptors (Lipinski definition) is 10. The number of halogens is 3. The number of alkyl halides is 2. The van der Waals surface area contributed by atoms with Crippen molar-refractivity contribution in [2.75, 3.05) is 33.1 Å². The van der Waals surface area contributed by atoms with E-state index >= 15 is 0 Å². The highest BCUT2D eigenvalue weighted by Crippen LogP contribution is 2.58. The molecule has 5 N–H and O–H groups in total. The van der Waals surface area contributed by atoms with Crippen molar-refractivity contribution in [1.29, 1.82) is 0 Å². The second-order valence-electron chi connectivity index (χ2n) is 16.4. The largest absolute Gasteiger partial charge is 0.497 e. The van der Waals surface area contributed by atoms with Gasteiger partial charge in [-0.3, -0.25) is 14.4 Å². The maximum absolute atomic E-state index is 13.3. The number of carbonyl (C=O) groups excluding carboxylic acids is 6. The maximum atomic E-state index is 13.3. The lowest BCUT2D eigenvalue weighted by Crippen LogP contribution is -2.35. The summed E-state index contributed by atoms with van der Waals surface area (Å²) in [4.78, 5) is 62.4. The number of nitrogens with one attached hydrogen (secondary N) is 3. The molecule has 4 rings (SSSR count). The van der Waals surface area contributed by atoms with Crippen molar-refractivity contribution in [3.8, 4) is 5.75 Å². The number of nitrogens with two attached hydrogens (primary N) is 1. The smallest absolute Gasteiger partial charge is 0.306 e. The third kappa shape index (κ3) is 19.1. The lowest BCUT2D eigenvalue weighted by atomic mass is 9.87. The number of anilines is 1. The van der Waals surface area contributed by atoms with Crippen molar-refractivity contribution in [3.63, 3.8) is 0 Å². The van der Waals surface area contributed by atoms with E-state index in [0.717, 1.165) is 74.3 Å². The molecule has 60 heavy (non-hydrogen) atoms. The van der Waals surface area contributed by atoms with Crippen LogP contribution < -0.4 is 26.4 Å². The van der Waals surface area contributed by atoms with Crippen LogP contribution in [0.3, 0.4) is 0 Å². The Morgan fingerprint density at radius 1 is 1.02 bits per heavy atom. The number of methoxy groups -OCH3 is 1.